The minimum atomic E-state index is -0.128. The van der Waals surface area contributed by atoms with Gasteiger partial charge in [0.25, 0.3) is 0 Å². The molecule has 2 fully saturated rings. The number of halogens is 1. The van der Waals surface area contributed by atoms with Gasteiger partial charge in [-0.1, -0.05) is 0 Å². The van der Waals surface area contributed by atoms with Crippen LogP contribution in [-0.4, -0.2) is 50.5 Å². The van der Waals surface area contributed by atoms with E-state index < -0.39 is 0 Å². The summed E-state index contributed by atoms with van der Waals surface area (Å²) in [7, 11) is 0. The summed E-state index contributed by atoms with van der Waals surface area (Å²) in [6, 6.07) is 3.91. The van der Waals surface area contributed by atoms with Crippen LogP contribution in [0.15, 0.2) is 27.8 Å². The van der Waals surface area contributed by atoms with E-state index in [4.69, 9.17) is 18.9 Å². The van der Waals surface area contributed by atoms with Gasteiger partial charge in [-0.15, -0.1) is 24.0 Å². The molecule has 1 aromatic rings. The number of guanidine groups is 1. The summed E-state index contributed by atoms with van der Waals surface area (Å²) in [5, 5.41) is 6.85. The normalized spacial score (nSPS) is 26.3. The van der Waals surface area contributed by atoms with Gasteiger partial charge in [0, 0.05) is 32.7 Å². The monoisotopic (exact) mass is 477 g/mol. The van der Waals surface area contributed by atoms with Crippen molar-refractivity contribution in [2.45, 2.75) is 57.2 Å². The molecule has 2 saturated heterocycles. The Bertz CT molecular complexity index is 524. The minimum absolute atomic E-state index is 0. The Morgan fingerprint density at radius 1 is 1.27 bits per heavy atom. The van der Waals surface area contributed by atoms with Gasteiger partial charge in [-0.25, -0.2) is 0 Å². The van der Waals surface area contributed by atoms with Gasteiger partial charge in [-0.3, -0.25) is 4.99 Å². The molecule has 3 rings (SSSR count). The zero-order chi connectivity index (χ0) is 17.4. The lowest BCUT2D eigenvalue weighted by atomic mass is 10.0. The smallest absolute Gasteiger partial charge is 0.191 e. The van der Waals surface area contributed by atoms with E-state index in [1.54, 1.807) is 6.26 Å². The number of nitrogens with one attached hydrogen (secondary N) is 2. The zero-order valence-corrected chi connectivity index (χ0v) is 18.0. The van der Waals surface area contributed by atoms with Crippen LogP contribution in [0, 0.1) is 0 Å². The van der Waals surface area contributed by atoms with Crippen molar-refractivity contribution >= 4 is 29.9 Å². The Kier molecular flexibility index (Phi) is 9.21. The topological polar surface area (TPSA) is 68.0 Å². The SMILES string of the molecule is CC1(CN=C(NCCc2ccco2)NCC2CCCCO2)CCCO1.I. The molecule has 0 spiro atoms. The van der Waals surface area contributed by atoms with Gasteiger partial charge < -0.3 is 24.5 Å². The van der Waals surface area contributed by atoms with Crippen molar-refractivity contribution in [3.63, 3.8) is 0 Å². The number of nitrogens with zero attached hydrogens (tertiary/aromatic N) is 1. The maximum Gasteiger partial charge on any atom is 0.191 e. The Balaban J connectivity index is 0.00000243. The highest BCUT2D eigenvalue weighted by Crippen LogP contribution is 2.25. The molecule has 0 aliphatic carbocycles. The van der Waals surface area contributed by atoms with E-state index in [-0.39, 0.29) is 35.7 Å². The highest BCUT2D eigenvalue weighted by Gasteiger charge is 2.29. The van der Waals surface area contributed by atoms with Crippen molar-refractivity contribution < 1.29 is 13.9 Å². The molecule has 6 nitrogen and oxygen atoms in total. The third-order valence-electron chi connectivity index (χ3n) is 4.89. The Morgan fingerprint density at radius 2 is 2.19 bits per heavy atom. The molecule has 0 radical (unpaired) electrons. The molecule has 2 unspecified atom stereocenters. The molecule has 0 bridgehead atoms. The molecular formula is C19H32IN3O3. The number of furan rings is 1. The fourth-order valence-electron chi connectivity index (χ4n) is 3.32. The van der Waals surface area contributed by atoms with E-state index >= 15 is 0 Å². The lowest BCUT2D eigenvalue weighted by molar-refractivity contribution is 0.0192. The fourth-order valence-corrected chi connectivity index (χ4v) is 3.32. The fraction of sp³-hybridized carbons (Fsp3) is 0.737. The Morgan fingerprint density at radius 3 is 2.88 bits per heavy atom. The average Bonchev–Trinajstić information content (AvgIpc) is 3.30. The molecule has 2 N–H and O–H groups in total. The number of rotatable bonds is 7. The molecule has 2 aliphatic heterocycles. The molecule has 7 heteroatoms. The van der Waals surface area contributed by atoms with E-state index in [9.17, 15) is 0 Å². The number of hydrogen-bond donors (Lipinski definition) is 2. The largest absolute Gasteiger partial charge is 0.469 e. The van der Waals surface area contributed by atoms with E-state index in [0.29, 0.717) is 6.54 Å². The predicted octanol–water partition coefficient (Wildman–Crippen LogP) is 3.11. The van der Waals surface area contributed by atoms with Gasteiger partial charge in [0.1, 0.15) is 5.76 Å². The van der Waals surface area contributed by atoms with Crippen molar-refractivity contribution in [3.8, 4) is 0 Å². The summed E-state index contributed by atoms with van der Waals surface area (Å²) in [6.07, 6.45) is 8.56. The van der Waals surface area contributed by atoms with Crippen molar-refractivity contribution in [2.75, 3.05) is 32.8 Å². The third kappa shape index (κ3) is 7.08. The van der Waals surface area contributed by atoms with Crippen LogP contribution >= 0.6 is 24.0 Å². The van der Waals surface area contributed by atoms with Crippen molar-refractivity contribution in [1.82, 2.24) is 10.6 Å². The van der Waals surface area contributed by atoms with Crippen LogP contribution in [0.2, 0.25) is 0 Å². The molecule has 1 aromatic heterocycles. The van der Waals surface area contributed by atoms with Crippen LogP contribution in [0.3, 0.4) is 0 Å². The molecule has 2 aliphatic rings. The van der Waals surface area contributed by atoms with Crippen LogP contribution in [0.4, 0.5) is 0 Å². The first kappa shape index (κ1) is 21.5. The lowest BCUT2D eigenvalue weighted by Crippen LogP contribution is -2.44. The maximum atomic E-state index is 5.85. The van der Waals surface area contributed by atoms with Gasteiger partial charge in [-0.2, -0.15) is 0 Å². The molecule has 0 aromatic carbocycles. The Hall–Kier alpha value is -0.800. The minimum Gasteiger partial charge on any atom is -0.469 e. The van der Waals surface area contributed by atoms with Crippen molar-refractivity contribution in [3.05, 3.63) is 24.2 Å². The molecule has 0 saturated carbocycles. The standard InChI is InChI=1S/C19H31N3O3.HI/c1-19(9-5-13-25-19)15-22-18(20-10-8-16-7-4-12-23-16)21-14-17-6-2-3-11-24-17;/h4,7,12,17H,2-3,5-6,8-11,13-15H2,1H3,(H2,20,21,22);1H. The van der Waals surface area contributed by atoms with Crippen LogP contribution in [0.5, 0.6) is 0 Å². The summed E-state index contributed by atoms with van der Waals surface area (Å²) >= 11 is 0. The molecule has 0 amide bonds. The zero-order valence-electron chi connectivity index (χ0n) is 15.7. The average molecular weight is 477 g/mol. The quantitative estimate of drug-likeness (QED) is 0.359. The van der Waals surface area contributed by atoms with Gasteiger partial charge in [0.2, 0.25) is 0 Å². The molecule has 3 heterocycles. The third-order valence-corrected chi connectivity index (χ3v) is 4.89. The lowest BCUT2D eigenvalue weighted by Gasteiger charge is -2.25. The maximum absolute atomic E-state index is 5.85. The highest BCUT2D eigenvalue weighted by molar-refractivity contribution is 14.0. The van der Waals surface area contributed by atoms with Crippen LogP contribution in [0.1, 0.15) is 44.8 Å². The van der Waals surface area contributed by atoms with Crippen molar-refractivity contribution in [1.29, 1.82) is 0 Å². The molecule has 2 atom stereocenters. The first-order valence-electron chi connectivity index (χ1n) is 9.54. The second-order valence-electron chi connectivity index (χ2n) is 7.19. The second-order valence-corrected chi connectivity index (χ2v) is 7.19. The summed E-state index contributed by atoms with van der Waals surface area (Å²) in [5.74, 6) is 1.81. The van der Waals surface area contributed by atoms with Gasteiger partial charge in [-0.05, 0) is 51.2 Å². The van der Waals surface area contributed by atoms with Crippen LogP contribution in [0.25, 0.3) is 0 Å². The summed E-state index contributed by atoms with van der Waals surface area (Å²) < 4.78 is 17.0. The van der Waals surface area contributed by atoms with E-state index in [1.165, 1.54) is 12.8 Å². The van der Waals surface area contributed by atoms with Gasteiger partial charge in [0.15, 0.2) is 5.96 Å². The molecule has 26 heavy (non-hydrogen) atoms. The van der Waals surface area contributed by atoms with Gasteiger partial charge in [0.05, 0.1) is 24.5 Å². The summed E-state index contributed by atoms with van der Waals surface area (Å²) in [6.45, 7) is 6.11. The number of aliphatic imine (C=N–C) groups is 1. The number of ether oxygens (including phenoxy) is 2. The summed E-state index contributed by atoms with van der Waals surface area (Å²) in [5.41, 5.74) is -0.128. The van der Waals surface area contributed by atoms with Crippen LogP contribution in [-0.2, 0) is 15.9 Å². The van der Waals surface area contributed by atoms with E-state index in [1.807, 2.05) is 12.1 Å². The van der Waals surface area contributed by atoms with Gasteiger partial charge >= 0.3 is 0 Å². The summed E-state index contributed by atoms with van der Waals surface area (Å²) in [4.78, 5) is 4.76. The first-order valence-corrected chi connectivity index (χ1v) is 9.54. The van der Waals surface area contributed by atoms with E-state index in [0.717, 1.165) is 63.7 Å². The molecular weight excluding hydrogens is 445 g/mol. The predicted molar refractivity (Wildman–Crippen MR) is 113 cm³/mol. The highest BCUT2D eigenvalue weighted by atomic mass is 127. The molecule has 148 valence electrons. The van der Waals surface area contributed by atoms with E-state index in [2.05, 4.69) is 17.6 Å². The Labute approximate surface area is 173 Å². The number of hydrogen-bond acceptors (Lipinski definition) is 4. The first-order chi connectivity index (χ1) is 12.2. The van der Waals surface area contributed by atoms with Crippen LogP contribution < -0.4 is 10.6 Å². The van der Waals surface area contributed by atoms with Crippen molar-refractivity contribution in [2.24, 2.45) is 4.99 Å². The second kappa shape index (κ2) is 11.1.